The van der Waals surface area contributed by atoms with Crippen LogP contribution in [-0.4, -0.2) is 41.4 Å². The van der Waals surface area contributed by atoms with Crippen molar-refractivity contribution in [2.24, 2.45) is 0 Å². The van der Waals surface area contributed by atoms with Gasteiger partial charge in [-0.05, 0) is 11.6 Å². The van der Waals surface area contributed by atoms with E-state index in [0.29, 0.717) is 17.0 Å². The molecule has 8 heteroatoms. The van der Waals surface area contributed by atoms with E-state index in [1.807, 2.05) is 0 Å². The van der Waals surface area contributed by atoms with Gasteiger partial charge in [-0.15, -0.1) is 0 Å². The van der Waals surface area contributed by atoms with Crippen LogP contribution in [0.4, 0.5) is 0 Å². The Hall–Kier alpha value is -0.960. The van der Waals surface area contributed by atoms with Crippen molar-refractivity contribution in [2.45, 2.75) is 17.9 Å². The Morgan fingerprint density at radius 3 is 2.70 bits per heavy atom. The molecule has 1 atom stereocenters. The van der Waals surface area contributed by atoms with Crippen LogP contribution in [0.1, 0.15) is 18.5 Å². The maximum Gasteiger partial charge on any atom is 0.212 e. The van der Waals surface area contributed by atoms with Gasteiger partial charge in [-0.1, -0.05) is 25.1 Å². The summed E-state index contributed by atoms with van der Waals surface area (Å²) in [4.78, 5) is 0.340. The van der Waals surface area contributed by atoms with Gasteiger partial charge in [0.25, 0.3) is 0 Å². The maximum absolute atomic E-state index is 12.0. The largest absolute Gasteiger partial charge is 0.308 e. The highest BCUT2D eigenvalue weighted by Crippen LogP contribution is 2.32. The second kappa shape index (κ2) is 5.80. The third-order valence-electron chi connectivity index (χ3n) is 3.14. The van der Waals surface area contributed by atoms with Crippen LogP contribution in [0.15, 0.2) is 29.2 Å². The van der Waals surface area contributed by atoms with Gasteiger partial charge in [0.15, 0.2) is 9.84 Å². The first-order valence-electron chi connectivity index (χ1n) is 6.38. The van der Waals surface area contributed by atoms with E-state index in [1.165, 1.54) is 0 Å². The monoisotopic (exact) mass is 318 g/mol. The summed E-state index contributed by atoms with van der Waals surface area (Å²) in [7, 11) is -6.55. The van der Waals surface area contributed by atoms with Gasteiger partial charge in [-0.2, -0.15) is 0 Å². The molecule has 20 heavy (non-hydrogen) atoms. The average Bonchev–Trinajstić information content (AvgIpc) is 2.62. The first-order valence-corrected chi connectivity index (χ1v) is 9.68. The zero-order valence-electron chi connectivity index (χ0n) is 11.2. The van der Waals surface area contributed by atoms with Crippen LogP contribution in [0.25, 0.3) is 0 Å². The van der Waals surface area contributed by atoms with Crippen molar-refractivity contribution in [2.75, 3.05) is 24.6 Å². The van der Waals surface area contributed by atoms with Crippen LogP contribution in [0.5, 0.6) is 0 Å². The number of fused-ring (bicyclic) bond motifs is 1. The number of hydrogen-bond donors (Lipinski definition) is 2. The lowest BCUT2D eigenvalue weighted by molar-refractivity contribution is 0.562. The highest BCUT2D eigenvalue weighted by Gasteiger charge is 2.33. The Bertz CT molecular complexity index is 683. The lowest BCUT2D eigenvalue weighted by Gasteiger charge is -2.12. The quantitative estimate of drug-likeness (QED) is 0.773. The summed E-state index contributed by atoms with van der Waals surface area (Å²) in [5.74, 6) is -0.0901. The van der Waals surface area contributed by atoms with Crippen LogP contribution in [0, 0.1) is 0 Å². The van der Waals surface area contributed by atoms with E-state index in [2.05, 4.69) is 10.0 Å². The van der Waals surface area contributed by atoms with Crippen molar-refractivity contribution >= 4 is 19.9 Å². The molecule has 0 spiro atoms. The molecule has 0 fully saturated rings. The number of benzene rings is 1. The molecule has 1 heterocycles. The fraction of sp³-hybridized carbons (Fsp3) is 0.500. The minimum absolute atomic E-state index is 0.0202. The van der Waals surface area contributed by atoms with Crippen molar-refractivity contribution < 1.29 is 16.8 Å². The predicted octanol–water partition coefficient (Wildman–Crippen LogP) is 0.0439. The average molecular weight is 318 g/mol. The number of rotatable bonds is 6. The van der Waals surface area contributed by atoms with Crippen LogP contribution < -0.4 is 10.0 Å². The molecule has 0 saturated heterocycles. The number of nitrogens with one attached hydrogen (secondary N) is 2. The molecule has 2 N–H and O–H groups in total. The van der Waals surface area contributed by atoms with Crippen molar-refractivity contribution in [1.29, 1.82) is 0 Å². The molecule has 1 aromatic carbocycles. The normalized spacial score (nSPS) is 20.8. The van der Waals surface area contributed by atoms with E-state index in [0.717, 1.165) is 0 Å². The SMILES string of the molecule is CCNS(=O)(=O)CCNC1CS(=O)(=O)c2ccccc21. The molecule has 6 nitrogen and oxygen atoms in total. The Balaban J connectivity index is 2.03. The summed E-state index contributed by atoms with van der Waals surface area (Å²) < 4.78 is 49.3. The molecule has 2 rings (SSSR count). The zero-order valence-corrected chi connectivity index (χ0v) is 12.8. The Kier molecular flexibility index (Phi) is 4.48. The Labute approximate surface area is 119 Å². The topological polar surface area (TPSA) is 92.3 Å². The van der Waals surface area contributed by atoms with Gasteiger partial charge in [0.05, 0.1) is 16.4 Å². The molecule has 0 radical (unpaired) electrons. The summed E-state index contributed by atoms with van der Waals surface area (Å²) in [6, 6.07) is 6.48. The minimum Gasteiger partial charge on any atom is -0.308 e. The second-order valence-corrected chi connectivity index (χ2v) is 8.57. The molecule has 1 unspecified atom stereocenters. The third-order valence-corrected chi connectivity index (χ3v) is 6.43. The second-order valence-electron chi connectivity index (χ2n) is 4.64. The molecule has 1 aliphatic heterocycles. The summed E-state index contributed by atoms with van der Waals surface area (Å²) in [5, 5.41) is 3.01. The van der Waals surface area contributed by atoms with Crippen LogP contribution in [0.3, 0.4) is 0 Å². The molecule has 0 aromatic heterocycles. The highest BCUT2D eigenvalue weighted by atomic mass is 32.2. The van der Waals surface area contributed by atoms with Gasteiger partial charge in [0.1, 0.15) is 0 Å². The number of sulfone groups is 1. The van der Waals surface area contributed by atoms with Crippen molar-refractivity contribution in [3.63, 3.8) is 0 Å². The Morgan fingerprint density at radius 1 is 1.30 bits per heavy atom. The lowest BCUT2D eigenvalue weighted by atomic mass is 10.1. The van der Waals surface area contributed by atoms with E-state index in [1.54, 1.807) is 31.2 Å². The fourth-order valence-corrected chi connectivity index (χ4v) is 5.02. The zero-order chi connectivity index (χ0) is 14.8. The summed E-state index contributed by atoms with van der Waals surface area (Å²) in [6.07, 6.45) is 0. The van der Waals surface area contributed by atoms with Gasteiger partial charge >= 0.3 is 0 Å². The molecule has 1 aliphatic rings. The van der Waals surface area contributed by atoms with Gasteiger partial charge in [0, 0.05) is 19.1 Å². The first-order chi connectivity index (χ1) is 9.36. The predicted molar refractivity (Wildman–Crippen MR) is 76.7 cm³/mol. The maximum atomic E-state index is 12.0. The van der Waals surface area contributed by atoms with Crippen molar-refractivity contribution in [3.05, 3.63) is 29.8 Å². The standard InChI is InChI=1S/C12H18N2O4S2/c1-2-14-20(17,18)8-7-13-11-9-19(15,16)12-6-4-3-5-10(11)12/h3-6,11,13-14H,2,7-9H2,1H3. The summed E-state index contributed by atoms with van der Waals surface area (Å²) >= 11 is 0. The molecule has 0 bridgehead atoms. The molecule has 112 valence electrons. The molecular formula is C12H18N2O4S2. The number of hydrogen-bond acceptors (Lipinski definition) is 5. The Morgan fingerprint density at radius 2 is 2.00 bits per heavy atom. The molecular weight excluding hydrogens is 300 g/mol. The lowest BCUT2D eigenvalue weighted by Crippen LogP contribution is -2.33. The fourth-order valence-electron chi connectivity index (χ4n) is 2.28. The molecule has 0 saturated carbocycles. The van der Waals surface area contributed by atoms with Crippen molar-refractivity contribution in [1.82, 2.24) is 10.0 Å². The van der Waals surface area contributed by atoms with E-state index in [4.69, 9.17) is 0 Å². The highest BCUT2D eigenvalue weighted by molar-refractivity contribution is 7.91. The van der Waals surface area contributed by atoms with E-state index in [9.17, 15) is 16.8 Å². The van der Waals surface area contributed by atoms with Crippen molar-refractivity contribution in [3.8, 4) is 0 Å². The summed E-state index contributed by atoms with van der Waals surface area (Å²) in [5.41, 5.74) is 0.716. The molecule has 1 aromatic rings. The van der Waals surface area contributed by atoms with Crippen LogP contribution >= 0.6 is 0 Å². The van der Waals surface area contributed by atoms with Gasteiger partial charge < -0.3 is 5.32 Å². The van der Waals surface area contributed by atoms with E-state index < -0.39 is 19.9 Å². The number of sulfonamides is 1. The van der Waals surface area contributed by atoms with E-state index >= 15 is 0 Å². The first kappa shape index (κ1) is 15.4. The molecule has 0 amide bonds. The van der Waals surface area contributed by atoms with Gasteiger partial charge in [-0.3, -0.25) is 0 Å². The summed E-state index contributed by atoms with van der Waals surface area (Å²) in [6.45, 7) is 2.28. The third kappa shape index (κ3) is 3.38. The van der Waals surface area contributed by atoms with Gasteiger partial charge in [0.2, 0.25) is 10.0 Å². The van der Waals surface area contributed by atoms with E-state index in [-0.39, 0.29) is 24.1 Å². The van der Waals surface area contributed by atoms with Gasteiger partial charge in [-0.25, -0.2) is 21.6 Å². The van der Waals surface area contributed by atoms with Crippen LogP contribution in [0.2, 0.25) is 0 Å². The minimum atomic E-state index is -3.29. The molecule has 0 aliphatic carbocycles. The smallest absolute Gasteiger partial charge is 0.212 e. The van der Waals surface area contributed by atoms with Crippen LogP contribution in [-0.2, 0) is 19.9 Å².